The number of hydrogen-bond donors (Lipinski definition) is 0. The number of rotatable bonds is 5. The summed E-state index contributed by atoms with van der Waals surface area (Å²) in [7, 11) is 0. The largest absolute Gasteiger partial charge is 2.00 e. The Morgan fingerprint density at radius 3 is 2.00 bits per heavy atom. The van der Waals surface area contributed by atoms with Crippen molar-refractivity contribution in [2.24, 2.45) is 16.7 Å². The van der Waals surface area contributed by atoms with Gasteiger partial charge in [-0.25, -0.2) is 11.6 Å². The Labute approximate surface area is 172 Å². The Bertz CT molecular complexity index is 562. The average molecular weight is 396 g/mol. The van der Waals surface area contributed by atoms with Crippen LogP contribution < -0.4 is 0 Å². The fourth-order valence-corrected chi connectivity index (χ4v) is 3.28. The summed E-state index contributed by atoms with van der Waals surface area (Å²) in [5.74, 6) is 0.710. The average Bonchev–Trinajstić information content (AvgIpc) is 3.06. The van der Waals surface area contributed by atoms with Gasteiger partial charge in [0, 0.05) is 5.78 Å². The smallest absolute Gasteiger partial charge is 0.371 e. The van der Waals surface area contributed by atoms with Crippen molar-refractivity contribution >= 4 is 5.78 Å². The molecule has 0 N–H and O–H groups in total. The molecule has 2 heteroatoms. The molecule has 0 aromatic carbocycles. The van der Waals surface area contributed by atoms with Crippen molar-refractivity contribution in [1.29, 1.82) is 0 Å². The van der Waals surface area contributed by atoms with Crippen molar-refractivity contribution in [3.63, 3.8) is 0 Å². The fraction of sp³-hybridized carbons (Fsp3) is 0.625. The van der Waals surface area contributed by atoms with Gasteiger partial charge >= 0.3 is 17.1 Å². The van der Waals surface area contributed by atoms with Crippen LogP contribution in [0, 0.1) is 28.9 Å². The van der Waals surface area contributed by atoms with E-state index in [1.54, 1.807) is 0 Å². The molecule has 146 valence electrons. The second kappa shape index (κ2) is 11.1. The van der Waals surface area contributed by atoms with Gasteiger partial charge in [0.25, 0.3) is 0 Å². The van der Waals surface area contributed by atoms with Gasteiger partial charge < -0.3 is 4.79 Å². The summed E-state index contributed by atoms with van der Waals surface area (Å²) in [5.41, 5.74) is 2.89. The molecule has 1 nitrogen and oxygen atoms in total. The van der Waals surface area contributed by atoms with Gasteiger partial charge in [0.05, 0.1) is 0 Å². The molecule has 0 radical (unpaired) electrons. The van der Waals surface area contributed by atoms with Crippen molar-refractivity contribution in [2.45, 2.75) is 80.6 Å². The Kier molecular flexibility index (Phi) is 10.7. The van der Waals surface area contributed by atoms with Crippen LogP contribution in [0.15, 0.2) is 35.5 Å². The maximum absolute atomic E-state index is 11.8. The molecule has 0 heterocycles. The standard InChI is InChI=1S/C14H21O.C10H15.Fe/c1-11(10-14(2,3)4)9-13(15)12-7-5-6-8-12;1-10(2,3)8-9-6-4-5-7-9;/h5,7,11H,6,9-10H2,1-4H3;4,6H,5,8H2,1-3H3;/q2*-1;+2. The van der Waals surface area contributed by atoms with Crippen LogP contribution in [0.1, 0.15) is 80.6 Å². The van der Waals surface area contributed by atoms with E-state index in [2.05, 4.69) is 72.8 Å². The van der Waals surface area contributed by atoms with Crippen molar-refractivity contribution in [1.82, 2.24) is 0 Å². The number of Topliss-reactive ketones (excluding diaryl/α,β-unsaturated/α-hetero) is 1. The number of ketones is 1. The number of carbonyl (C=O) groups excluding carboxylic acids is 1. The summed E-state index contributed by atoms with van der Waals surface area (Å²) < 4.78 is 0. The van der Waals surface area contributed by atoms with Crippen molar-refractivity contribution < 1.29 is 21.9 Å². The van der Waals surface area contributed by atoms with Gasteiger partial charge in [-0.05, 0) is 29.6 Å². The molecular weight excluding hydrogens is 360 g/mol. The Morgan fingerprint density at radius 1 is 1.00 bits per heavy atom. The van der Waals surface area contributed by atoms with Gasteiger partial charge in [0.15, 0.2) is 0 Å². The summed E-state index contributed by atoms with van der Waals surface area (Å²) in [6.07, 6.45) is 19.4. The number of carbonyl (C=O) groups is 1. The van der Waals surface area contributed by atoms with Crippen molar-refractivity contribution in [3.8, 4) is 0 Å². The molecular formula is C24H36FeO. The Hall–Kier alpha value is -0.851. The second-order valence-electron chi connectivity index (χ2n) is 9.74. The Morgan fingerprint density at radius 2 is 1.58 bits per heavy atom. The van der Waals surface area contributed by atoms with Gasteiger partial charge in [-0.3, -0.25) is 6.08 Å². The van der Waals surface area contributed by atoms with Crippen LogP contribution in [0.3, 0.4) is 0 Å². The van der Waals surface area contributed by atoms with Gasteiger partial charge in [0.1, 0.15) is 0 Å². The molecule has 0 saturated carbocycles. The summed E-state index contributed by atoms with van der Waals surface area (Å²) in [6, 6.07) is 0. The van der Waals surface area contributed by atoms with E-state index in [-0.39, 0.29) is 22.9 Å². The first kappa shape index (κ1) is 25.1. The third-order valence-corrected chi connectivity index (χ3v) is 3.98. The van der Waals surface area contributed by atoms with Crippen LogP contribution in [-0.2, 0) is 21.9 Å². The third-order valence-electron chi connectivity index (χ3n) is 3.98. The molecule has 0 saturated heterocycles. The molecule has 1 atom stereocenters. The number of hydrogen-bond acceptors (Lipinski definition) is 1. The van der Waals surface area contributed by atoms with Gasteiger partial charge in [0.2, 0.25) is 0 Å². The minimum Gasteiger partial charge on any atom is -0.371 e. The molecule has 0 amide bonds. The third kappa shape index (κ3) is 11.7. The first-order valence-electron chi connectivity index (χ1n) is 9.53. The van der Waals surface area contributed by atoms with E-state index in [9.17, 15) is 4.79 Å². The molecule has 0 spiro atoms. The van der Waals surface area contributed by atoms with Crippen LogP contribution in [0.2, 0.25) is 0 Å². The van der Waals surface area contributed by atoms with Gasteiger partial charge in [-0.1, -0.05) is 61.3 Å². The normalized spacial score (nSPS) is 17.0. The van der Waals surface area contributed by atoms with E-state index >= 15 is 0 Å². The molecule has 2 aliphatic rings. The van der Waals surface area contributed by atoms with Gasteiger partial charge in [-0.2, -0.15) is 23.8 Å². The van der Waals surface area contributed by atoms with E-state index in [0.717, 1.165) is 31.3 Å². The zero-order valence-corrected chi connectivity index (χ0v) is 18.8. The first-order chi connectivity index (χ1) is 11.5. The quantitative estimate of drug-likeness (QED) is 0.368. The van der Waals surface area contributed by atoms with Crippen LogP contribution in [-0.4, -0.2) is 5.78 Å². The van der Waals surface area contributed by atoms with Crippen molar-refractivity contribution in [3.05, 3.63) is 47.6 Å². The molecule has 0 bridgehead atoms. The predicted octanol–water partition coefficient (Wildman–Crippen LogP) is 6.82. The Balaban J connectivity index is 0.000000497. The minimum atomic E-state index is 0. The SMILES string of the molecule is CC(C)(C)CC1=[C-]CC=C1.CC(CC(=O)C1=[C-]CC=C1)CC(C)(C)C.[Fe+2]. The van der Waals surface area contributed by atoms with Crippen LogP contribution in [0.25, 0.3) is 0 Å². The summed E-state index contributed by atoms with van der Waals surface area (Å²) in [5, 5.41) is 0. The zero-order chi connectivity index (χ0) is 19.1. The van der Waals surface area contributed by atoms with Crippen molar-refractivity contribution in [2.75, 3.05) is 0 Å². The molecule has 26 heavy (non-hydrogen) atoms. The predicted molar refractivity (Wildman–Crippen MR) is 108 cm³/mol. The summed E-state index contributed by atoms with van der Waals surface area (Å²) in [6.45, 7) is 15.6. The zero-order valence-electron chi connectivity index (χ0n) is 17.7. The summed E-state index contributed by atoms with van der Waals surface area (Å²) >= 11 is 0. The molecule has 0 aromatic rings. The van der Waals surface area contributed by atoms with Crippen LogP contribution >= 0.6 is 0 Å². The molecule has 2 rings (SSSR count). The van der Waals surface area contributed by atoms with Crippen LogP contribution in [0.4, 0.5) is 0 Å². The van der Waals surface area contributed by atoms with E-state index < -0.39 is 0 Å². The van der Waals surface area contributed by atoms with E-state index in [1.165, 1.54) is 5.57 Å². The number of allylic oxidation sites excluding steroid dienone is 8. The minimum absolute atomic E-state index is 0. The second-order valence-corrected chi connectivity index (χ2v) is 9.74. The monoisotopic (exact) mass is 396 g/mol. The van der Waals surface area contributed by atoms with E-state index in [4.69, 9.17) is 0 Å². The fourth-order valence-electron chi connectivity index (χ4n) is 3.28. The maximum atomic E-state index is 11.8. The van der Waals surface area contributed by atoms with Crippen LogP contribution in [0.5, 0.6) is 0 Å². The molecule has 2 aliphatic carbocycles. The topological polar surface area (TPSA) is 17.1 Å². The maximum Gasteiger partial charge on any atom is 2.00 e. The first-order valence-corrected chi connectivity index (χ1v) is 9.53. The molecule has 0 aliphatic heterocycles. The summed E-state index contributed by atoms with van der Waals surface area (Å²) in [4.78, 5) is 11.8. The molecule has 0 aromatic heterocycles. The molecule has 1 unspecified atom stereocenters. The van der Waals surface area contributed by atoms with Gasteiger partial charge in [-0.15, -0.1) is 12.5 Å². The van der Waals surface area contributed by atoms with E-state index in [1.807, 2.05) is 12.2 Å². The van der Waals surface area contributed by atoms with E-state index in [0.29, 0.717) is 23.2 Å². The molecule has 0 fully saturated rings.